The molecule has 0 aliphatic rings. The van der Waals surface area contributed by atoms with E-state index < -0.39 is 38.1 Å². The van der Waals surface area contributed by atoms with Gasteiger partial charge in [0.15, 0.2) is 0 Å². The first kappa shape index (κ1) is 38.1. The monoisotopic (exact) mass is 516 g/mol. The molecule has 0 aliphatic heterocycles. The van der Waals surface area contributed by atoms with Crippen molar-refractivity contribution < 1.29 is 37.0 Å². The van der Waals surface area contributed by atoms with Crippen molar-refractivity contribution >= 4 is 19.8 Å². The van der Waals surface area contributed by atoms with E-state index in [2.05, 4.69) is 20.8 Å². The molecule has 0 heterocycles. The van der Waals surface area contributed by atoms with Crippen LogP contribution in [0.2, 0.25) is 13.3 Å². The average molecular weight is 515 g/mol. The van der Waals surface area contributed by atoms with Gasteiger partial charge < -0.3 is 15.3 Å². The normalized spacial score (nSPS) is 9.35. The predicted octanol–water partition coefficient (Wildman–Crippen LogP) is 4.14. The molecular formula is C21H48O3SnTi+2. The van der Waals surface area contributed by atoms with E-state index >= 15 is 0 Å². The molecule has 3 nitrogen and oxygen atoms in total. The van der Waals surface area contributed by atoms with E-state index in [0.717, 1.165) is 0 Å². The van der Waals surface area contributed by atoms with Crippen molar-refractivity contribution in [3.63, 3.8) is 0 Å². The maximum absolute atomic E-state index is 9.53. The molecule has 0 amide bonds. The Morgan fingerprint density at radius 1 is 0.538 bits per heavy atom. The fourth-order valence-corrected chi connectivity index (χ4v) is 11.1. The summed E-state index contributed by atoms with van der Waals surface area (Å²) in [5.74, 6) is 0. The van der Waals surface area contributed by atoms with Gasteiger partial charge in [-0.2, -0.15) is 0 Å². The molecule has 0 aromatic carbocycles. The summed E-state index contributed by atoms with van der Waals surface area (Å²) in [5, 5.41) is 28.6. The Bertz CT molecular complexity index is 162. The summed E-state index contributed by atoms with van der Waals surface area (Å²) in [6.07, 6.45) is 7.60. The van der Waals surface area contributed by atoms with Gasteiger partial charge in [-0.05, 0) is 0 Å². The van der Waals surface area contributed by atoms with E-state index in [1.54, 1.807) is 54.9 Å². The quantitative estimate of drug-likeness (QED) is 0.434. The number of unbranched alkanes of at least 4 members (excludes halogenated alkanes) is 3. The van der Waals surface area contributed by atoms with Crippen LogP contribution in [-0.2, 0) is 21.7 Å². The van der Waals surface area contributed by atoms with Crippen molar-refractivity contribution in [1.82, 2.24) is 0 Å². The van der Waals surface area contributed by atoms with Crippen molar-refractivity contribution in [2.45, 2.75) is 132 Å². The van der Waals surface area contributed by atoms with Crippen LogP contribution in [0.5, 0.6) is 0 Å². The van der Waals surface area contributed by atoms with Crippen LogP contribution in [0.25, 0.3) is 0 Å². The summed E-state index contributed by atoms with van der Waals surface area (Å²) in [6, 6.07) is 0. The molecule has 0 saturated heterocycles. The van der Waals surface area contributed by atoms with Gasteiger partial charge in [0.25, 0.3) is 0 Å². The molecule has 0 rings (SSSR count). The minimum absolute atomic E-state index is 0. The summed E-state index contributed by atoms with van der Waals surface area (Å²) in [4.78, 5) is 0. The molecule has 156 valence electrons. The maximum atomic E-state index is 9.53. The van der Waals surface area contributed by atoms with Gasteiger partial charge in [-0.3, -0.25) is 0 Å². The minimum atomic E-state index is -0.839. The predicted molar refractivity (Wildman–Crippen MR) is 110 cm³/mol. The zero-order chi connectivity index (χ0) is 20.7. The van der Waals surface area contributed by atoms with Crippen LogP contribution < -0.4 is 15.3 Å². The number of hydrogen-bond acceptors (Lipinski definition) is 3. The second-order valence-corrected chi connectivity index (χ2v) is 15.8. The van der Waals surface area contributed by atoms with Crippen LogP contribution in [0.4, 0.5) is 0 Å². The summed E-state index contributed by atoms with van der Waals surface area (Å²) in [7, 11) is 0. The Balaban J connectivity index is -0.0000000933. The molecule has 0 spiro atoms. The first-order valence-corrected chi connectivity index (χ1v) is 16.4. The van der Waals surface area contributed by atoms with Crippen LogP contribution in [0.15, 0.2) is 0 Å². The average Bonchev–Trinajstić information content (AvgIpc) is 2.44. The number of hydrogen-bond donors (Lipinski definition) is 0. The number of rotatable bonds is 9. The zero-order valence-corrected chi connectivity index (χ0v) is 23.7. The largest absolute Gasteiger partial charge is 4.00 e. The molecule has 0 bridgehead atoms. The summed E-state index contributed by atoms with van der Waals surface area (Å²) < 4.78 is 5.04. The van der Waals surface area contributed by atoms with Crippen molar-refractivity contribution in [2.24, 2.45) is 0 Å². The smallest absolute Gasteiger partial charge is 4.00 e. The van der Waals surface area contributed by atoms with Crippen LogP contribution in [0, 0.1) is 0 Å². The third-order valence-electron chi connectivity index (χ3n) is 2.65. The van der Waals surface area contributed by atoms with Crippen molar-refractivity contribution in [3.8, 4) is 0 Å². The van der Waals surface area contributed by atoms with Crippen molar-refractivity contribution in [1.29, 1.82) is 0 Å². The summed E-state index contributed by atoms with van der Waals surface area (Å²) in [5.41, 5.74) is 0. The van der Waals surface area contributed by atoms with E-state index in [4.69, 9.17) is 0 Å². The van der Waals surface area contributed by atoms with Crippen LogP contribution in [0.1, 0.15) is 101 Å². The summed E-state index contributed by atoms with van der Waals surface area (Å²) >= 11 is -0.839. The zero-order valence-electron chi connectivity index (χ0n) is 19.3. The Kier molecular flexibility index (Phi) is 49.7. The van der Waals surface area contributed by atoms with Crippen LogP contribution in [-0.4, -0.2) is 38.1 Å². The van der Waals surface area contributed by atoms with Crippen LogP contribution in [0.3, 0.4) is 0 Å². The van der Waals surface area contributed by atoms with Gasteiger partial charge in [0, 0.05) is 0 Å². The molecule has 0 aliphatic carbocycles. The van der Waals surface area contributed by atoms with Gasteiger partial charge in [-0.1, -0.05) is 41.5 Å². The van der Waals surface area contributed by atoms with E-state index in [9.17, 15) is 15.3 Å². The van der Waals surface area contributed by atoms with Gasteiger partial charge in [0.05, 0.1) is 0 Å². The van der Waals surface area contributed by atoms with Crippen molar-refractivity contribution in [3.05, 3.63) is 0 Å². The SMILES string of the molecule is CC(C)[O-].CC(C)[O-].CC(C)[O-].CCC[CH2][Sn+]([CH2]CCC)[CH2]CCC.[Ti+4]. The van der Waals surface area contributed by atoms with Crippen LogP contribution >= 0.6 is 0 Å². The first-order chi connectivity index (χ1) is 11.5. The Hall–Kier alpha value is 1.39. The van der Waals surface area contributed by atoms with Gasteiger partial charge >= 0.3 is 114 Å². The topological polar surface area (TPSA) is 69.2 Å². The Labute approximate surface area is 188 Å². The molecule has 0 unspecified atom stereocenters. The van der Waals surface area contributed by atoms with Gasteiger partial charge in [-0.25, -0.2) is 0 Å². The Morgan fingerprint density at radius 3 is 0.808 bits per heavy atom. The summed E-state index contributed by atoms with van der Waals surface area (Å²) in [6.45, 7) is 16.7. The molecule has 0 radical (unpaired) electrons. The van der Waals surface area contributed by atoms with Gasteiger partial charge in [-0.15, -0.1) is 18.3 Å². The molecule has 0 N–H and O–H groups in total. The fraction of sp³-hybridized carbons (Fsp3) is 1.00. The third-order valence-corrected chi connectivity index (χ3v) is 11.7. The molecule has 0 aromatic rings. The van der Waals surface area contributed by atoms with E-state index in [-0.39, 0.29) is 21.7 Å². The van der Waals surface area contributed by atoms with Gasteiger partial charge in [0.2, 0.25) is 0 Å². The first-order valence-electron chi connectivity index (χ1n) is 10.4. The molecule has 0 atom stereocenters. The minimum Gasteiger partial charge on any atom is 4.00 e. The molecular weight excluding hydrogens is 467 g/mol. The Morgan fingerprint density at radius 2 is 0.692 bits per heavy atom. The standard InChI is InChI=1S/3C4H9.3C3H7O.Sn.Ti/c3*1-3-4-2;3*1-3(2)4;;/h3*1,3-4H2,2H3;3*3H,1-2H3;;/q;;;3*-1;+1;+4. The second kappa shape index (κ2) is 33.9. The molecule has 0 fully saturated rings. The fourth-order valence-electron chi connectivity index (χ4n) is 1.66. The van der Waals surface area contributed by atoms with Crippen molar-refractivity contribution in [2.75, 3.05) is 0 Å². The molecule has 0 aromatic heterocycles. The van der Waals surface area contributed by atoms with E-state index in [0.29, 0.717) is 0 Å². The second-order valence-electron chi connectivity index (χ2n) is 7.21. The molecule has 26 heavy (non-hydrogen) atoms. The van der Waals surface area contributed by atoms with Gasteiger partial charge in [0.1, 0.15) is 0 Å². The maximum Gasteiger partial charge on any atom is 4.00 e. The third kappa shape index (κ3) is 84.2. The molecule has 0 saturated carbocycles. The molecule has 5 heteroatoms. The van der Waals surface area contributed by atoms with E-state index in [1.807, 2.05) is 0 Å². The van der Waals surface area contributed by atoms with E-state index in [1.165, 1.54) is 38.5 Å².